The van der Waals surface area contributed by atoms with E-state index in [-0.39, 0.29) is 5.91 Å². The quantitative estimate of drug-likeness (QED) is 0.853. The molecule has 0 saturated heterocycles. The molecule has 0 saturated carbocycles. The van der Waals surface area contributed by atoms with E-state index < -0.39 is 0 Å². The molecule has 0 atom stereocenters. The van der Waals surface area contributed by atoms with Crippen LogP contribution >= 0.6 is 11.8 Å². The Hall–Kier alpha value is -2.07. The topological polar surface area (TPSA) is 32.7 Å². The molecule has 0 radical (unpaired) electrons. The van der Waals surface area contributed by atoms with Gasteiger partial charge < -0.3 is 4.90 Å². The molecule has 2 aromatic rings. The molecular formula is C18H18N2OS. The van der Waals surface area contributed by atoms with Gasteiger partial charge in [0.05, 0.1) is 16.5 Å². The number of rotatable bonds is 4. The molecule has 1 aliphatic rings. The van der Waals surface area contributed by atoms with Crippen LogP contribution in [-0.2, 0) is 11.2 Å². The highest BCUT2D eigenvalue weighted by atomic mass is 32.2. The number of anilines is 1. The van der Waals surface area contributed by atoms with Gasteiger partial charge in [-0.3, -0.25) is 4.79 Å². The second-order valence-corrected chi connectivity index (χ2v) is 6.12. The Kier molecular flexibility index (Phi) is 4.59. The van der Waals surface area contributed by atoms with Crippen LogP contribution in [0.1, 0.15) is 12.5 Å². The van der Waals surface area contributed by atoms with E-state index in [1.807, 2.05) is 60.4 Å². The summed E-state index contributed by atoms with van der Waals surface area (Å²) < 4.78 is 0. The number of benzene rings is 2. The fourth-order valence-corrected chi connectivity index (χ4v) is 3.39. The fourth-order valence-electron chi connectivity index (χ4n) is 2.52. The van der Waals surface area contributed by atoms with Crippen molar-refractivity contribution in [2.45, 2.75) is 13.3 Å². The van der Waals surface area contributed by atoms with Gasteiger partial charge in [-0.25, -0.2) is 4.99 Å². The zero-order valence-corrected chi connectivity index (χ0v) is 13.3. The lowest BCUT2D eigenvalue weighted by Gasteiger charge is -2.20. The summed E-state index contributed by atoms with van der Waals surface area (Å²) in [5.41, 5.74) is 3.23. The lowest BCUT2D eigenvalue weighted by molar-refractivity contribution is -0.116. The highest BCUT2D eigenvalue weighted by Gasteiger charge is 2.18. The van der Waals surface area contributed by atoms with Crippen LogP contribution in [-0.4, -0.2) is 23.2 Å². The minimum atomic E-state index is 0.123. The Labute approximate surface area is 135 Å². The number of carbonyl (C=O) groups excluding carboxylic acids is 1. The Morgan fingerprint density at radius 2 is 1.86 bits per heavy atom. The second-order valence-electron chi connectivity index (χ2n) is 5.07. The molecule has 22 heavy (non-hydrogen) atoms. The van der Waals surface area contributed by atoms with Crippen molar-refractivity contribution in [3.05, 3.63) is 60.2 Å². The highest BCUT2D eigenvalue weighted by molar-refractivity contribution is 8.14. The van der Waals surface area contributed by atoms with Gasteiger partial charge in [-0.2, -0.15) is 0 Å². The van der Waals surface area contributed by atoms with Gasteiger partial charge in [0.1, 0.15) is 0 Å². The van der Waals surface area contributed by atoms with E-state index in [4.69, 9.17) is 0 Å². The average molecular weight is 310 g/mol. The van der Waals surface area contributed by atoms with Crippen LogP contribution in [0.5, 0.6) is 0 Å². The lowest BCUT2D eigenvalue weighted by Crippen LogP contribution is -2.32. The normalized spacial score (nSPS) is 12.7. The van der Waals surface area contributed by atoms with Crippen LogP contribution in [0.25, 0.3) is 0 Å². The fraction of sp³-hybridized carbons (Fsp3) is 0.222. The molecule has 3 nitrogen and oxygen atoms in total. The summed E-state index contributed by atoms with van der Waals surface area (Å²) in [5.74, 6) is 0.549. The van der Waals surface area contributed by atoms with Gasteiger partial charge in [-0.1, -0.05) is 36.4 Å². The Morgan fingerprint density at radius 3 is 2.59 bits per heavy atom. The van der Waals surface area contributed by atoms with Crippen molar-refractivity contribution in [1.29, 1.82) is 0 Å². The Balaban J connectivity index is 1.61. The number of hydrogen-bond donors (Lipinski definition) is 0. The predicted octanol–water partition coefficient (Wildman–Crippen LogP) is 4.06. The van der Waals surface area contributed by atoms with Gasteiger partial charge in [0.2, 0.25) is 5.91 Å². The lowest BCUT2D eigenvalue weighted by atomic mass is 10.2. The van der Waals surface area contributed by atoms with Crippen LogP contribution in [0.4, 0.5) is 11.4 Å². The molecule has 4 heteroatoms. The van der Waals surface area contributed by atoms with Gasteiger partial charge in [-0.15, -0.1) is 11.8 Å². The van der Waals surface area contributed by atoms with Gasteiger partial charge >= 0.3 is 0 Å². The second kappa shape index (κ2) is 6.79. The molecule has 1 amide bonds. The monoisotopic (exact) mass is 310 g/mol. The molecule has 0 fully saturated rings. The van der Waals surface area contributed by atoms with Crippen molar-refractivity contribution in [2.75, 3.05) is 17.2 Å². The average Bonchev–Trinajstić information content (AvgIpc) is 2.97. The molecule has 112 valence electrons. The SMILES string of the molecule is CCN(C(=O)CSC1=Nc2ccccc2C1)c1ccccc1. The first kappa shape index (κ1) is 14.9. The number of thioether (sulfide) groups is 1. The maximum absolute atomic E-state index is 12.5. The first-order chi connectivity index (χ1) is 10.8. The molecule has 1 aliphatic heterocycles. The molecule has 0 spiro atoms. The number of nitrogens with zero attached hydrogens (tertiary/aromatic N) is 2. The summed E-state index contributed by atoms with van der Waals surface area (Å²) in [4.78, 5) is 18.9. The molecule has 1 heterocycles. The van der Waals surface area contributed by atoms with Gasteiger partial charge in [0.25, 0.3) is 0 Å². The first-order valence-electron chi connectivity index (χ1n) is 7.41. The molecule has 0 aromatic heterocycles. The highest BCUT2D eigenvalue weighted by Crippen LogP contribution is 2.30. The van der Waals surface area contributed by atoms with Crippen molar-refractivity contribution in [3.63, 3.8) is 0 Å². The van der Waals surface area contributed by atoms with Crippen molar-refractivity contribution in [1.82, 2.24) is 0 Å². The summed E-state index contributed by atoms with van der Waals surface area (Å²) in [6, 6.07) is 17.9. The molecule has 2 aromatic carbocycles. The third kappa shape index (κ3) is 3.22. The Morgan fingerprint density at radius 1 is 1.14 bits per heavy atom. The third-order valence-electron chi connectivity index (χ3n) is 3.63. The van der Waals surface area contributed by atoms with E-state index in [1.165, 1.54) is 5.56 Å². The molecule has 0 bridgehead atoms. The summed E-state index contributed by atoms with van der Waals surface area (Å²) in [7, 11) is 0. The van der Waals surface area contributed by atoms with Crippen molar-refractivity contribution in [2.24, 2.45) is 4.99 Å². The van der Waals surface area contributed by atoms with E-state index in [1.54, 1.807) is 11.8 Å². The molecule has 0 N–H and O–H groups in total. The van der Waals surface area contributed by atoms with Crippen LogP contribution < -0.4 is 4.90 Å². The predicted molar refractivity (Wildman–Crippen MR) is 94.2 cm³/mol. The van der Waals surface area contributed by atoms with Crippen LogP contribution in [0.15, 0.2) is 59.6 Å². The smallest absolute Gasteiger partial charge is 0.237 e. The summed E-state index contributed by atoms with van der Waals surface area (Å²) in [5, 5.41) is 1.03. The van der Waals surface area contributed by atoms with Crippen LogP contribution in [0.3, 0.4) is 0 Å². The summed E-state index contributed by atoms with van der Waals surface area (Å²) in [6.07, 6.45) is 0.839. The van der Waals surface area contributed by atoms with Crippen molar-refractivity contribution >= 4 is 34.1 Å². The maximum Gasteiger partial charge on any atom is 0.237 e. The Bertz CT molecular complexity index is 697. The van der Waals surface area contributed by atoms with E-state index >= 15 is 0 Å². The van der Waals surface area contributed by atoms with Crippen LogP contribution in [0, 0.1) is 0 Å². The van der Waals surface area contributed by atoms with E-state index in [0.717, 1.165) is 22.8 Å². The third-order valence-corrected chi connectivity index (χ3v) is 4.59. The summed E-state index contributed by atoms with van der Waals surface area (Å²) in [6.45, 7) is 2.68. The van der Waals surface area contributed by atoms with E-state index in [0.29, 0.717) is 12.3 Å². The van der Waals surface area contributed by atoms with Gasteiger partial charge in [0.15, 0.2) is 0 Å². The van der Waals surface area contributed by atoms with E-state index in [9.17, 15) is 4.79 Å². The molecular weight excluding hydrogens is 292 g/mol. The van der Waals surface area contributed by atoms with E-state index in [2.05, 4.69) is 11.1 Å². The minimum absolute atomic E-state index is 0.123. The summed E-state index contributed by atoms with van der Waals surface area (Å²) >= 11 is 1.55. The zero-order valence-electron chi connectivity index (χ0n) is 12.5. The van der Waals surface area contributed by atoms with Gasteiger partial charge in [0, 0.05) is 18.7 Å². The zero-order chi connectivity index (χ0) is 15.4. The largest absolute Gasteiger partial charge is 0.312 e. The minimum Gasteiger partial charge on any atom is -0.312 e. The molecule has 0 unspecified atom stereocenters. The number of amides is 1. The molecule has 0 aliphatic carbocycles. The number of fused-ring (bicyclic) bond motifs is 1. The van der Waals surface area contributed by atoms with Crippen molar-refractivity contribution in [3.8, 4) is 0 Å². The standard InChI is InChI=1S/C18H18N2OS/c1-2-20(15-9-4-3-5-10-15)18(21)13-22-17-12-14-8-6-7-11-16(14)19-17/h3-11H,2,12-13H2,1H3. The number of aliphatic imine (C=N–C) groups is 1. The number of para-hydroxylation sites is 2. The maximum atomic E-state index is 12.5. The molecule has 3 rings (SSSR count). The van der Waals surface area contributed by atoms with Gasteiger partial charge in [-0.05, 0) is 30.7 Å². The first-order valence-corrected chi connectivity index (χ1v) is 8.40. The number of carbonyl (C=O) groups is 1. The number of hydrogen-bond acceptors (Lipinski definition) is 3. The van der Waals surface area contributed by atoms with Crippen molar-refractivity contribution < 1.29 is 4.79 Å². The van der Waals surface area contributed by atoms with Crippen LogP contribution in [0.2, 0.25) is 0 Å².